The molecule has 0 aliphatic carbocycles. The summed E-state index contributed by atoms with van der Waals surface area (Å²) in [6, 6.07) is 8.88. The van der Waals surface area contributed by atoms with Gasteiger partial charge in [-0.25, -0.2) is 0 Å². The second-order valence-electron chi connectivity index (χ2n) is 7.24. The Morgan fingerprint density at radius 3 is 2.50 bits per heavy atom. The number of likely N-dealkylation sites (tertiary alicyclic amines) is 1. The molecule has 0 amide bonds. The van der Waals surface area contributed by atoms with Crippen LogP contribution in [0, 0.1) is 5.92 Å². The minimum atomic E-state index is 0.458. The van der Waals surface area contributed by atoms with E-state index in [9.17, 15) is 0 Å². The van der Waals surface area contributed by atoms with E-state index in [-0.39, 0.29) is 0 Å². The van der Waals surface area contributed by atoms with Crippen molar-refractivity contribution in [2.75, 3.05) is 33.3 Å². The Balaban J connectivity index is 1.76. The van der Waals surface area contributed by atoms with E-state index in [0.29, 0.717) is 12.0 Å². The molecule has 5 nitrogen and oxygen atoms in total. The maximum absolute atomic E-state index is 5.23. The SMILES string of the molecule is CCNC(=NCC1CCN(Cc2ccc(OC)cc2)CC1)NC(C)CC. The maximum Gasteiger partial charge on any atom is 0.191 e. The first-order chi connectivity index (χ1) is 12.6. The Morgan fingerprint density at radius 2 is 1.92 bits per heavy atom. The molecule has 2 N–H and O–H groups in total. The van der Waals surface area contributed by atoms with Crippen molar-refractivity contribution in [1.82, 2.24) is 15.5 Å². The largest absolute Gasteiger partial charge is 0.497 e. The molecule has 1 saturated heterocycles. The van der Waals surface area contributed by atoms with Gasteiger partial charge in [-0.05, 0) is 69.8 Å². The van der Waals surface area contributed by atoms with Crippen LogP contribution in [0.5, 0.6) is 5.75 Å². The van der Waals surface area contributed by atoms with Gasteiger partial charge in [-0.3, -0.25) is 9.89 Å². The summed E-state index contributed by atoms with van der Waals surface area (Å²) < 4.78 is 5.23. The molecule has 1 fully saturated rings. The van der Waals surface area contributed by atoms with Crippen LogP contribution in [0.3, 0.4) is 0 Å². The average molecular weight is 361 g/mol. The molecule has 146 valence electrons. The van der Waals surface area contributed by atoms with Crippen LogP contribution in [-0.2, 0) is 6.54 Å². The molecule has 1 atom stereocenters. The summed E-state index contributed by atoms with van der Waals surface area (Å²) >= 11 is 0. The molecule has 26 heavy (non-hydrogen) atoms. The van der Waals surface area contributed by atoms with Crippen molar-refractivity contribution in [2.45, 2.75) is 52.6 Å². The third-order valence-electron chi connectivity index (χ3n) is 5.12. The van der Waals surface area contributed by atoms with E-state index in [1.165, 1.54) is 18.4 Å². The fourth-order valence-electron chi connectivity index (χ4n) is 3.19. The van der Waals surface area contributed by atoms with E-state index in [0.717, 1.165) is 50.9 Å². The van der Waals surface area contributed by atoms with Crippen LogP contribution in [0.4, 0.5) is 0 Å². The van der Waals surface area contributed by atoms with Gasteiger partial charge in [-0.2, -0.15) is 0 Å². The van der Waals surface area contributed by atoms with E-state index >= 15 is 0 Å². The first-order valence-corrected chi connectivity index (χ1v) is 10.0. The number of ether oxygens (including phenoxy) is 1. The molecular weight excluding hydrogens is 324 g/mol. The molecule has 0 bridgehead atoms. The van der Waals surface area contributed by atoms with Gasteiger partial charge in [-0.15, -0.1) is 0 Å². The molecule has 0 spiro atoms. The number of nitrogens with zero attached hydrogens (tertiary/aromatic N) is 2. The van der Waals surface area contributed by atoms with Crippen molar-refractivity contribution in [1.29, 1.82) is 0 Å². The molecule has 0 radical (unpaired) electrons. The summed E-state index contributed by atoms with van der Waals surface area (Å²) in [5.74, 6) is 2.57. The number of benzene rings is 1. The van der Waals surface area contributed by atoms with Crippen molar-refractivity contribution in [2.24, 2.45) is 10.9 Å². The summed E-state index contributed by atoms with van der Waals surface area (Å²) in [6.45, 7) is 11.7. The normalized spacial score (nSPS) is 17.8. The van der Waals surface area contributed by atoms with Gasteiger partial charge < -0.3 is 15.4 Å². The molecule has 1 aromatic rings. The minimum absolute atomic E-state index is 0.458. The van der Waals surface area contributed by atoms with Crippen LogP contribution in [0.2, 0.25) is 0 Å². The maximum atomic E-state index is 5.23. The van der Waals surface area contributed by atoms with Crippen molar-refractivity contribution >= 4 is 5.96 Å². The Morgan fingerprint density at radius 1 is 1.23 bits per heavy atom. The lowest BCUT2D eigenvalue weighted by atomic mass is 9.96. The van der Waals surface area contributed by atoms with Crippen LogP contribution in [0.15, 0.2) is 29.3 Å². The number of guanidine groups is 1. The van der Waals surface area contributed by atoms with Crippen LogP contribution in [0.1, 0.15) is 45.6 Å². The van der Waals surface area contributed by atoms with Gasteiger partial charge >= 0.3 is 0 Å². The van der Waals surface area contributed by atoms with E-state index < -0.39 is 0 Å². The number of hydrogen-bond acceptors (Lipinski definition) is 3. The third-order valence-corrected chi connectivity index (χ3v) is 5.12. The standard InChI is InChI=1S/C21H36N4O/c1-5-17(3)24-21(22-6-2)23-15-18-11-13-25(14-12-18)16-19-7-9-20(26-4)10-8-19/h7-10,17-18H,5-6,11-16H2,1-4H3,(H2,22,23,24). The van der Waals surface area contributed by atoms with Crippen molar-refractivity contribution < 1.29 is 4.74 Å². The second kappa shape index (κ2) is 11.1. The fourth-order valence-corrected chi connectivity index (χ4v) is 3.19. The smallest absolute Gasteiger partial charge is 0.191 e. The lowest BCUT2D eigenvalue weighted by molar-refractivity contribution is 0.180. The molecular formula is C21H36N4O. The van der Waals surface area contributed by atoms with E-state index in [1.54, 1.807) is 7.11 Å². The highest BCUT2D eigenvalue weighted by molar-refractivity contribution is 5.80. The molecule has 1 aliphatic rings. The fraction of sp³-hybridized carbons (Fsp3) is 0.667. The van der Waals surface area contributed by atoms with Gasteiger partial charge in [-0.1, -0.05) is 19.1 Å². The van der Waals surface area contributed by atoms with Crippen LogP contribution in [0.25, 0.3) is 0 Å². The molecule has 1 unspecified atom stereocenters. The monoisotopic (exact) mass is 360 g/mol. The lowest BCUT2D eigenvalue weighted by Gasteiger charge is -2.31. The summed E-state index contributed by atoms with van der Waals surface area (Å²) in [5, 5.41) is 6.83. The van der Waals surface area contributed by atoms with E-state index in [2.05, 4.69) is 48.4 Å². The number of nitrogens with one attached hydrogen (secondary N) is 2. The summed E-state index contributed by atoms with van der Waals surface area (Å²) in [6.07, 6.45) is 3.55. The number of piperidine rings is 1. The quantitative estimate of drug-likeness (QED) is 0.552. The number of aliphatic imine (C=N–C) groups is 1. The zero-order valence-corrected chi connectivity index (χ0v) is 16.9. The summed E-state index contributed by atoms with van der Waals surface area (Å²) in [7, 11) is 1.71. The van der Waals surface area contributed by atoms with Crippen molar-refractivity contribution in [3.05, 3.63) is 29.8 Å². The highest BCUT2D eigenvalue weighted by Crippen LogP contribution is 2.20. The van der Waals surface area contributed by atoms with Crippen LogP contribution in [-0.4, -0.2) is 50.2 Å². The average Bonchev–Trinajstić information content (AvgIpc) is 2.68. The Kier molecular flexibility index (Phi) is 8.75. The molecule has 1 heterocycles. The highest BCUT2D eigenvalue weighted by atomic mass is 16.5. The zero-order valence-electron chi connectivity index (χ0n) is 16.9. The molecule has 0 aromatic heterocycles. The highest BCUT2D eigenvalue weighted by Gasteiger charge is 2.19. The van der Waals surface area contributed by atoms with Gasteiger partial charge in [0.25, 0.3) is 0 Å². The summed E-state index contributed by atoms with van der Waals surface area (Å²) in [4.78, 5) is 7.36. The van der Waals surface area contributed by atoms with Gasteiger partial charge in [0, 0.05) is 25.7 Å². The molecule has 1 aromatic carbocycles. The van der Waals surface area contributed by atoms with E-state index in [1.807, 2.05) is 12.1 Å². The third kappa shape index (κ3) is 6.87. The Hall–Kier alpha value is -1.75. The van der Waals surface area contributed by atoms with Gasteiger partial charge in [0.1, 0.15) is 5.75 Å². The Bertz CT molecular complexity index is 535. The van der Waals surface area contributed by atoms with Gasteiger partial charge in [0.05, 0.1) is 7.11 Å². The van der Waals surface area contributed by atoms with Gasteiger partial charge in [0.15, 0.2) is 5.96 Å². The molecule has 2 rings (SSSR count). The number of methoxy groups -OCH3 is 1. The lowest BCUT2D eigenvalue weighted by Crippen LogP contribution is -2.42. The minimum Gasteiger partial charge on any atom is -0.497 e. The van der Waals surface area contributed by atoms with Gasteiger partial charge in [0.2, 0.25) is 0 Å². The second-order valence-corrected chi connectivity index (χ2v) is 7.24. The Labute approximate surface area is 159 Å². The van der Waals surface area contributed by atoms with Crippen LogP contribution < -0.4 is 15.4 Å². The zero-order chi connectivity index (χ0) is 18.8. The predicted octanol–water partition coefficient (Wildman–Crippen LogP) is 3.26. The first-order valence-electron chi connectivity index (χ1n) is 10.0. The van der Waals surface area contributed by atoms with Crippen LogP contribution >= 0.6 is 0 Å². The number of rotatable bonds is 8. The summed E-state index contributed by atoms with van der Waals surface area (Å²) in [5.41, 5.74) is 1.36. The topological polar surface area (TPSA) is 48.9 Å². The molecule has 1 aliphatic heterocycles. The van der Waals surface area contributed by atoms with Crippen molar-refractivity contribution in [3.8, 4) is 5.75 Å². The first kappa shape index (κ1) is 20.6. The number of hydrogen-bond donors (Lipinski definition) is 2. The predicted molar refractivity (Wildman–Crippen MR) is 110 cm³/mol. The van der Waals surface area contributed by atoms with E-state index in [4.69, 9.17) is 9.73 Å². The van der Waals surface area contributed by atoms with Crippen molar-refractivity contribution in [3.63, 3.8) is 0 Å². The molecule has 5 heteroatoms. The molecule has 0 saturated carbocycles.